The van der Waals surface area contributed by atoms with Crippen molar-refractivity contribution in [2.75, 3.05) is 5.32 Å². The van der Waals surface area contributed by atoms with Crippen LogP contribution in [0, 0.1) is 18.3 Å². The molecule has 0 bridgehead atoms. The number of thiazole rings is 1. The number of pyridine rings is 1. The SMILES string of the molecule is Cc1csc(Nc2nc(C(F)(F)F)ccc2C#N)n1. The standard InChI is InChI=1S/C11H7F3N4S/c1-6-5-19-10(16-6)18-9-7(4-15)2-3-8(17-9)11(12,13)14/h2-3,5H,1H3,(H,16,17,18). The maximum absolute atomic E-state index is 12.6. The summed E-state index contributed by atoms with van der Waals surface area (Å²) < 4.78 is 37.7. The normalized spacial score (nSPS) is 11.1. The molecule has 0 saturated carbocycles. The van der Waals surface area contributed by atoms with Crippen molar-refractivity contribution in [2.45, 2.75) is 13.1 Å². The van der Waals surface area contributed by atoms with Gasteiger partial charge in [-0.15, -0.1) is 11.3 Å². The Morgan fingerprint density at radius 1 is 1.32 bits per heavy atom. The van der Waals surface area contributed by atoms with Crippen molar-refractivity contribution in [1.82, 2.24) is 9.97 Å². The maximum atomic E-state index is 12.6. The van der Waals surface area contributed by atoms with Crippen LogP contribution in [0.1, 0.15) is 17.0 Å². The Balaban J connectivity index is 2.40. The molecule has 0 atom stereocenters. The highest BCUT2D eigenvalue weighted by Crippen LogP contribution is 2.30. The highest BCUT2D eigenvalue weighted by Gasteiger charge is 2.33. The van der Waals surface area contributed by atoms with Gasteiger partial charge in [0.1, 0.15) is 11.8 Å². The zero-order valence-corrected chi connectivity index (χ0v) is 10.4. The van der Waals surface area contributed by atoms with E-state index >= 15 is 0 Å². The lowest BCUT2D eigenvalue weighted by atomic mass is 10.2. The van der Waals surface area contributed by atoms with Crippen LogP contribution >= 0.6 is 11.3 Å². The van der Waals surface area contributed by atoms with E-state index in [1.54, 1.807) is 18.4 Å². The van der Waals surface area contributed by atoms with Crippen molar-refractivity contribution in [3.8, 4) is 6.07 Å². The predicted octanol–water partition coefficient (Wildman–Crippen LogP) is 3.48. The van der Waals surface area contributed by atoms with Crippen molar-refractivity contribution < 1.29 is 13.2 Å². The Hall–Kier alpha value is -2.14. The molecule has 0 saturated heterocycles. The summed E-state index contributed by atoms with van der Waals surface area (Å²) in [6.45, 7) is 1.76. The van der Waals surface area contributed by atoms with E-state index in [2.05, 4.69) is 15.3 Å². The van der Waals surface area contributed by atoms with E-state index in [1.165, 1.54) is 11.3 Å². The number of rotatable bonds is 2. The van der Waals surface area contributed by atoms with Crippen LogP contribution in [0.5, 0.6) is 0 Å². The number of aromatic nitrogens is 2. The van der Waals surface area contributed by atoms with Gasteiger partial charge in [-0.1, -0.05) is 0 Å². The summed E-state index contributed by atoms with van der Waals surface area (Å²) in [6, 6.07) is 3.64. The van der Waals surface area contributed by atoms with E-state index in [0.717, 1.165) is 17.8 Å². The first-order valence-corrected chi connectivity index (χ1v) is 5.95. The second kappa shape index (κ2) is 4.85. The number of anilines is 2. The van der Waals surface area contributed by atoms with Gasteiger partial charge in [0.05, 0.1) is 11.3 Å². The van der Waals surface area contributed by atoms with Gasteiger partial charge in [-0.25, -0.2) is 9.97 Å². The summed E-state index contributed by atoms with van der Waals surface area (Å²) in [4.78, 5) is 7.48. The number of hydrogen-bond acceptors (Lipinski definition) is 5. The fourth-order valence-electron chi connectivity index (χ4n) is 1.32. The lowest BCUT2D eigenvalue weighted by Crippen LogP contribution is -2.10. The van der Waals surface area contributed by atoms with Gasteiger partial charge >= 0.3 is 6.18 Å². The summed E-state index contributed by atoms with van der Waals surface area (Å²) in [6.07, 6.45) is -4.55. The third kappa shape index (κ3) is 3.00. The van der Waals surface area contributed by atoms with Crippen molar-refractivity contribution in [2.24, 2.45) is 0 Å². The summed E-state index contributed by atoms with van der Waals surface area (Å²) in [5.41, 5.74) is -0.291. The minimum absolute atomic E-state index is 0.0286. The van der Waals surface area contributed by atoms with Gasteiger partial charge in [0.2, 0.25) is 0 Å². The van der Waals surface area contributed by atoms with Crippen LogP contribution in [0.25, 0.3) is 0 Å². The molecule has 0 amide bonds. The summed E-state index contributed by atoms with van der Waals surface area (Å²) >= 11 is 1.22. The average molecular weight is 284 g/mol. The van der Waals surface area contributed by atoms with Crippen molar-refractivity contribution in [3.05, 3.63) is 34.5 Å². The number of halogens is 3. The van der Waals surface area contributed by atoms with Crippen molar-refractivity contribution in [3.63, 3.8) is 0 Å². The van der Waals surface area contributed by atoms with E-state index in [4.69, 9.17) is 5.26 Å². The van der Waals surface area contributed by atoms with Crippen LogP contribution in [-0.4, -0.2) is 9.97 Å². The number of alkyl halides is 3. The topological polar surface area (TPSA) is 61.6 Å². The molecule has 2 aromatic rings. The van der Waals surface area contributed by atoms with Gasteiger partial charge in [0.25, 0.3) is 0 Å². The number of nitriles is 1. The van der Waals surface area contributed by atoms with Gasteiger partial charge in [-0.2, -0.15) is 18.4 Å². The molecule has 0 fully saturated rings. The Morgan fingerprint density at radius 3 is 2.58 bits per heavy atom. The van der Waals surface area contributed by atoms with E-state index in [-0.39, 0.29) is 11.4 Å². The number of hydrogen-bond donors (Lipinski definition) is 1. The number of nitrogens with zero attached hydrogens (tertiary/aromatic N) is 3. The lowest BCUT2D eigenvalue weighted by Gasteiger charge is -2.09. The second-order valence-electron chi connectivity index (χ2n) is 3.62. The maximum Gasteiger partial charge on any atom is 0.433 e. The molecule has 0 radical (unpaired) electrons. The lowest BCUT2D eigenvalue weighted by molar-refractivity contribution is -0.141. The van der Waals surface area contributed by atoms with Crippen LogP contribution in [0.4, 0.5) is 24.1 Å². The molecule has 8 heteroatoms. The first kappa shape index (κ1) is 13.3. The molecule has 0 aliphatic heterocycles. The van der Waals surface area contributed by atoms with Gasteiger partial charge < -0.3 is 5.32 Å². The van der Waals surface area contributed by atoms with Crippen LogP contribution < -0.4 is 5.32 Å². The van der Waals surface area contributed by atoms with Crippen LogP contribution in [0.2, 0.25) is 0 Å². The molecule has 2 rings (SSSR count). The molecule has 0 unspecified atom stereocenters. The fraction of sp³-hybridized carbons (Fsp3) is 0.182. The predicted molar refractivity (Wildman–Crippen MR) is 64.1 cm³/mol. The molecular weight excluding hydrogens is 277 g/mol. The minimum Gasteiger partial charge on any atom is -0.315 e. The Bertz CT molecular complexity index is 642. The summed E-state index contributed by atoms with van der Waals surface area (Å²) in [5, 5.41) is 13.6. The van der Waals surface area contributed by atoms with E-state index in [9.17, 15) is 13.2 Å². The van der Waals surface area contributed by atoms with Gasteiger partial charge in [-0.05, 0) is 19.1 Å². The van der Waals surface area contributed by atoms with Gasteiger partial charge in [0.15, 0.2) is 10.9 Å². The molecule has 0 aromatic carbocycles. The highest BCUT2D eigenvalue weighted by molar-refractivity contribution is 7.13. The first-order valence-electron chi connectivity index (χ1n) is 5.07. The Kier molecular flexibility index (Phi) is 3.40. The highest BCUT2D eigenvalue weighted by atomic mass is 32.1. The number of aryl methyl sites for hydroxylation is 1. The summed E-state index contributed by atoms with van der Waals surface area (Å²) in [7, 11) is 0. The monoisotopic (exact) mass is 284 g/mol. The van der Waals surface area contributed by atoms with Gasteiger partial charge in [0, 0.05) is 5.38 Å². The molecule has 0 aliphatic carbocycles. The number of nitrogens with one attached hydrogen (secondary N) is 1. The first-order chi connectivity index (χ1) is 8.90. The smallest absolute Gasteiger partial charge is 0.315 e. The molecular formula is C11H7F3N4S. The third-order valence-corrected chi connectivity index (χ3v) is 3.03. The minimum atomic E-state index is -4.55. The molecule has 2 heterocycles. The van der Waals surface area contributed by atoms with E-state index in [1.807, 2.05) is 0 Å². The van der Waals surface area contributed by atoms with E-state index < -0.39 is 11.9 Å². The van der Waals surface area contributed by atoms with Crippen LogP contribution in [-0.2, 0) is 6.18 Å². The Morgan fingerprint density at radius 2 is 2.05 bits per heavy atom. The third-order valence-electron chi connectivity index (χ3n) is 2.15. The van der Waals surface area contributed by atoms with E-state index in [0.29, 0.717) is 5.13 Å². The molecule has 19 heavy (non-hydrogen) atoms. The van der Waals surface area contributed by atoms with Gasteiger partial charge in [-0.3, -0.25) is 0 Å². The van der Waals surface area contributed by atoms with Crippen LogP contribution in [0.15, 0.2) is 17.5 Å². The Labute approximate surface area is 110 Å². The molecule has 4 nitrogen and oxygen atoms in total. The molecule has 2 aromatic heterocycles. The summed E-state index contributed by atoms with van der Waals surface area (Å²) in [5.74, 6) is -0.147. The average Bonchev–Trinajstić information content (AvgIpc) is 2.73. The van der Waals surface area contributed by atoms with Crippen molar-refractivity contribution >= 4 is 22.3 Å². The molecule has 0 aliphatic rings. The van der Waals surface area contributed by atoms with Crippen molar-refractivity contribution in [1.29, 1.82) is 5.26 Å². The van der Waals surface area contributed by atoms with Crippen LogP contribution in [0.3, 0.4) is 0 Å². The largest absolute Gasteiger partial charge is 0.433 e. The second-order valence-corrected chi connectivity index (χ2v) is 4.48. The quantitative estimate of drug-likeness (QED) is 0.917. The zero-order chi connectivity index (χ0) is 14.0. The molecule has 0 spiro atoms. The fourth-order valence-corrected chi connectivity index (χ4v) is 2.00. The zero-order valence-electron chi connectivity index (χ0n) is 9.62. The molecule has 98 valence electrons. The molecule has 1 N–H and O–H groups in total.